The summed E-state index contributed by atoms with van der Waals surface area (Å²) in [7, 11) is 2.17. The van der Waals surface area contributed by atoms with Crippen molar-refractivity contribution in [3.63, 3.8) is 0 Å². The van der Waals surface area contributed by atoms with Gasteiger partial charge in [0.1, 0.15) is 7.05 Å². The van der Waals surface area contributed by atoms with Gasteiger partial charge in [0, 0.05) is 11.5 Å². The fourth-order valence-electron chi connectivity index (χ4n) is 7.83. The molecule has 1 aliphatic rings. The zero-order valence-electron chi connectivity index (χ0n) is 32.9. The third-order valence-electron chi connectivity index (χ3n) is 11.2. The fourth-order valence-corrected chi connectivity index (χ4v) is 7.83. The first-order chi connectivity index (χ1) is 23.6. The van der Waals surface area contributed by atoms with Gasteiger partial charge >= 0.3 is 0 Å². The normalized spacial score (nSPS) is 15.7. The predicted octanol–water partition coefficient (Wildman–Crippen LogP) is 11.4. The number of nitrogens with two attached hydrogens (primary N) is 1. The Morgan fingerprint density at radius 3 is 1.24 bits per heavy atom. The lowest BCUT2D eigenvalue weighted by atomic mass is 9.69. The topological polar surface area (TPSA) is 29.0 Å². The van der Waals surface area contributed by atoms with Crippen LogP contribution >= 0.6 is 0 Å². The molecule has 0 aromatic heterocycles. The maximum absolute atomic E-state index is 7.24. The summed E-state index contributed by atoms with van der Waals surface area (Å²) >= 11 is 0. The molecule has 0 aliphatic carbocycles. The second kappa shape index (κ2) is 31.8. The maximum Gasteiger partial charge on any atom is 0.198 e. The monoisotopic (exact) mass is 789 g/mol. The van der Waals surface area contributed by atoms with E-state index in [1.165, 1.54) is 204 Å². The maximum atomic E-state index is 7.24. The second-order valence-electron chi connectivity index (χ2n) is 15.5. The van der Waals surface area contributed by atoms with Gasteiger partial charge in [0.2, 0.25) is 0 Å². The summed E-state index contributed by atoms with van der Waals surface area (Å²) in [4.78, 5) is 0. The second-order valence-corrected chi connectivity index (χ2v) is 15.5. The summed E-state index contributed by atoms with van der Waals surface area (Å²) in [5, 5.41) is 0. The molecule has 2 nitrogen and oxygen atoms in total. The van der Waals surface area contributed by atoms with E-state index in [0.29, 0.717) is 0 Å². The quantitative estimate of drug-likeness (QED) is 0.0440. The smallest absolute Gasteiger partial charge is 0.198 e. The molecule has 2 N–H and O–H groups in total. The van der Waals surface area contributed by atoms with Crippen LogP contribution in [0.25, 0.3) is 6.08 Å². The highest BCUT2D eigenvalue weighted by Crippen LogP contribution is 2.39. The van der Waals surface area contributed by atoms with Crippen molar-refractivity contribution < 1.29 is 28.6 Å². The minimum Gasteiger partial charge on any atom is -1.00 e. The zero-order chi connectivity index (χ0) is 34.4. The Morgan fingerprint density at radius 2 is 0.878 bits per heavy atom. The molecule has 1 atom stereocenters. The van der Waals surface area contributed by atoms with Gasteiger partial charge in [-0.3, -0.25) is 0 Å². The van der Waals surface area contributed by atoms with Crippen LogP contribution in [0.15, 0.2) is 48.7 Å². The summed E-state index contributed by atoms with van der Waals surface area (Å²) in [5.41, 5.74) is 9.82. The van der Waals surface area contributed by atoms with Gasteiger partial charge in [-0.05, 0) is 30.6 Å². The van der Waals surface area contributed by atoms with Crippen molar-refractivity contribution in [2.24, 2.45) is 11.1 Å². The van der Waals surface area contributed by atoms with E-state index in [1.807, 2.05) is 0 Å². The summed E-state index contributed by atoms with van der Waals surface area (Å²) in [6, 6.07) is 10.7. The first kappa shape index (κ1) is 46.1. The van der Waals surface area contributed by atoms with Crippen LogP contribution in [-0.2, 0) is 0 Å². The molecule has 0 bridgehead atoms. The molecular weight excluding hydrogens is 707 g/mol. The molecule has 3 heteroatoms. The average Bonchev–Trinajstić information content (AvgIpc) is 3.10. The molecule has 2 rings (SSSR count). The number of halogens is 1. The van der Waals surface area contributed by atoms with Crippen LogP contribution in [0, 0.1) is 5.41 Å². The van der Waals surface area contributed by atoms with E-state index in [1.54, 1.807) is 0 Å². The van der Waals surface area contributed by atoms with Crippen LogP contribution in [-0.4, -0.2) is 23.4 Å². The minimum absolute atomic E-state index is 0. The van der Waals surface area contributed by atoms with Gasteiger partial charge in [0.15, 0.2) is 11.9 Å². The van der Waals surface area contributed by atoms with Crippen molar-refractivity contribution in [3.8, 4) is 0 Å². The Balaban J connectivity index is 0.0000120. The van der Waals surface area contributed by atoms with Gasteiger partial charge in [-0.25, -0.2) is 4.58 Å². The van der Waals surface area contributed by atoms with Crippen molar-refractivity contribution in [3.05, 3.63) is 54.2 Å². The van der Waals surface area contributed by atoms with E-state index in [0.717, 1.165) is 0 Å². The zero-order valence-corrected chi connectivity index (χ0v) is 35.0. The van der Waals surface area contributed by atoms with Crippen molar-refractivity contribution in [1.82, 2.24) is 0 Å². The predicted molar refractivity (Wildman–Crippen MR) is 216 cm³/mol. The highest BCUT2D eigenvalue weighted by Gasteiger charge is 2.41. The number of benzene rings is 1. The van der Waals surface area contributed by atoms with Crippen molar-refractivity contribution in [1.29, 1.82) is 0 Å². The molecule has 0 saturated heterocycles. The Morgan fingerprint density at radius 1 is 0.531 bits per heavy atom. The number of nitrogens with zero attached hydrogens (tertiary/aromatic N) is 1. The standard InChI is InChI=1S/C46H81N2.HI/c1-4-6-8-10-12-14-16-18-20-22-24-26-28-33-39-46(40-34-29-27-25-23-21-19-17-15-13-11-9-7-5-2)41-42-48(3)44(45(46)47)38-37-43-35-31-30-32-36-43;/h30-32,35-38,41-42,45H,4-29,33-34,39-40,47H2,1-3H3;1H/q+1;/p-1. The summed E-state index contributed by atoms with van der Waals surface area (Å²) in [5.74, 6) is 0. The van der Waals surface area contributed by atoms with E-state index < -0.39 is 0 Å². The average molecular weight is 789 g/mol. The Bertz CT molecular complexity index is 933. The number of hydrogen-bond donors (Lipinski definition) is 1. The summed E-state index contributed by atoms with van der Waals surface area (Å²) < 4.78 is 2.26. The molecule has 0 saturated carbocycles. The third kappa shape index (κ3) is 21.9. The fraction of sp³-hybridized carbons (Fsp3) is 0.761. The number of rotatable bonds is 32. The SMILES string of the molecule is CCCCCCCCCCCCCCCCC1(CCCCCCCCCCCCCCCC)C=C[N+](C)=C(C=Cc2ccccc2)C1N.[I-]. The Kier molecular flexibility index (Phi) is 29.9. The van der Waals surface area contributed by atoms with E-state index in [2.05, 4.69) is 80.2 Å². The van der Waals surface area contributed by atoms with E-state index in [9.17, 15) is 0 Å². The lowest BCUT2D eigenvalue weighted by Gasteiger charge is -2.37. The Hall–Kier alpha value is -0.940. The van der Waals surface area contributed by atoms with Gasteiger partial charge in [-0.15, -0.1) is 0 Å². The van der Waals surface area contributed by atoms with Crippen LogP contribution in [0.3, 0.4) is 0 Å². The van der Waals surface area contributed by atoms with Gasteiger partial charge in [0.25, 0.3) is 0 Å². The molecule has 1 heterocycles. The third-order valence-corrected chi connectivity index (χ3v) is 11.2. The molecular formula is C46H81IN2. The summed E-state index contributed by atoms with van der Waals surface area (Å²) in [6.45, 7) is 4.61. The molecule has 282 valence electrons. The van der Waals surface area contributed by atoms with Gasteiger partial charge in [-0.2, -0.15) is 0 Å². The molecule has 49 heavy (non-hydrogen) atoms. The van der Waals surface area contributed by atoms with E-state index in [4.69, 9.17) is 5.73 Å². The van der Waals surface area contributed by atoms with Gasteiger partial charge in [0.05, 0.1) is 6.04 Å². The largest absolute Gasteiger partial charge is 1.00 e. The van der Waals surface area contributed by atoms with E-state index >= 15 is 0 Å². The first-order valence-corrected chi connectivity index (χ1v) is 21.4. The van der Waals surface area contributed by atoms with Crippen LogP contribution in [0.2, 0.25) is 0 Å². The van der Waals surface area contributed by atoms with E-state index in [-0.39, 0.29) is 35.4 Å². The molecule has 1 aliphatic heterocycles. The minimum atomic E-state index is 0. The number of unbranched alkanes of at least 4 members (excludes halogenated alkanes) is 26. The molecule has 1 unspecified atom stereocenters. The van der Waals surface area contributed by atoms with Crippen molar-refractivity contribution in [2.45, 2.75) is 213 Å². The summed E-state index contributed by atoms with van der Waals surface area (Å²) in [6.07, 6.45) is 51.3. The lowest BCUT2D eigenvalue weighted by Crippen LogP contribution is -3.00. The lowest BCUT2D eigenvalue weighted by molar-refractivity contribution is -0.427. The molecule has 1 aromatic carbocycles. The highest BCUT2D eigenvalue weighted by molar-refractivity contribution is 5.99. The number of hydrogen-bond acceptors (Lipinski definition) is 1. The van der Waals surface area contributed by atoms with Crippen LogP contribution in [0.5, 0.6) is 0 Å². The van der Waals surface area contributed by atoms with Crippen LogP contribution in [0.1, 0.15) is 212 Å². The molecule has 0 amide bonds. The molecule has 1 aromatic rings. The van der Waals surface area contributed by atoms with Gasteiger partial charge < -0.3 is 29.7 Å². The highest BCUT2D eigenvalue weighted by atomic mass is 127. The molecule has 0 spiro atoms. The van der Waals surface area contributed by atoms with Gasteiger partial charge in [-0.1, -0.05) is 224 Å². The van der Waals surface area contributed by atoms with Crippen molar-refractivity contribution >= 4 is 11.8 Å². The first-order valence-electron chi connectivity index (χ1n) is 21.4. The Labute approximate surface area is 323 Å². The molecule has 0 radical (unpaired) electrons. The van der Waals surface area contributed by atoms with Crippen LogP contribution < -0.4 is 29.7 Å². The van der Waals surface area contributed by atoms with Crippen LogP contribution in [0.4, 0.5) is 0 Å². The van der Waals surface area contributed by atoms with Crippen molar-refractivity contribution in [2.75, 3.05) is 7.05 Å². The molecule has 0 fully saturated rings.